The zero-order valence-electron chi connectivity index (χ0n) is 18.1. The number of ether oxygens (including phenoxy) is 2. The highest BCUT2D eigenvalue weighted by atomic mass is 28.4. The first-order chi connectivity index (χ1) is 12.1. The maximum atomic E-state index is 12.0. The minimum absolute atomic E-state index is 0.0622. The Kier molecular flexibility index (Phi) is 7.35. The molecule has 0 unspecified atom stereocenters. The lowest BCUT2D eigenvalue weighted by atomic mass is 9.97. The lowest BCUT2D eigenvalue weighted by molar-refractivity contribution is -0.154. The highest BCUT2D eigenvalue weighted by Crippen LogP contribution is 2.37. The van der Waals surface area contributed by atoms with Crippen molar-refractivity contribution >= 4 is 20.3 Å². The van der Waals surface area contributed by atoms with Crippen LogP contribution in [0, 0.1) is 5.41 Å². The van der Waals surface area contributed by atoms with Gasteiger partial charge in [0.05, 0.1) is 12.0 Å². The summed E-state index contributed by atoms with van der Waals surface area (Å²) in [7, 11) is -1.98. The first-order valence-electron chi connectivity index (χ1n) is 9.11. The van der Waals surface area contributed by atoms with Gasteiger partial charge in [0.15, 0.2) is 14.1 Å². The summed E-state index contributed by atoms with van der Waals surface area (Å²) in [5.41, 5.74) is 0.496. The predicted molar refractivity (Wildman–Crippen MR) is 107 cm³/mol. The van der Waals surface area contributed by atoms with Gasteiger partial charge in [0, 0.05) is 18.7 Å². The van der Waals surface area contributed by atoms with Crippen molar-refractivity contribution in [3.8, 4) is 5.75 Å². The van der Waals surface area contributed by atoms with Gasteiger partial charge in [-0.05, 0) is 45.0 Å². The number of carbonyl (C=O) groups is 2. The van der Waals surface area contributed by atoms with Crippen LogP contribution >= 0.6 is 0 Å². The van der Waals surface area contributed by atoms with E-state index in [4.69, 9.17) is 13.9 Å². The van der Waals surface area contributed by atoms with Crippen molar-refractivity contribution < 1.29 is 23.5 Å². The summed E-state index contributed by atoms with van der Waals surface area (Å²) in [6, 6.07) is 1.76. The average Bonchev–Trinajstić information content (AvgIpc) is 2.49. The second-order valence-electron chi connectivity index (χ2n) is 9.21. The third kappa shape index (κ3) is 6.73. The first kappa shape index (κ1) is 23.3. The Morgan fingerprint density at radius 3 is 2.15 bits per heavy atom. The Balaban J connectivity index is 3.08. The Morgan fingerprint density at radius 1 is 1.07 bits per heavy atom. The molecule has 0 saturated carbocycles. The number of esters is 2. The molecule has 1 aromatic heterocycles. The van der Waals surface area contributed by atoms with E-state index in [2.05, 4.69) is 38.8 Å². The van der Waals surface area contributed by atoms with Gasteiger partial charge in [-0.25, -0.2) is 0 Å². The van der Waals surface area contributed by atoms with Crippen LogP contribution in [0.1, 0.15) is 59.7 Å². The molecule has 6 nitrogen and oxygen atoms in total. The summed E-state index contributed by atoms with van der Waals surface area (Å²) in [6.07, 6.45) is 1.61. The number of hydrogen-bond acceptors (Lipinski definition) is 6. The minimum atomic E-state index is -1.98. The molecule has 0 amide bonds. The highest BCUT2D eigenvalue weighted by Gasteiger charge is 2.37. The average molecular weight is 396 g/mol. The lowest BCUT2D eigenvalue weighted by Gasteiger charge is -2.36. The lowest BCUT2D eigenvalue weighted by Crippen LogP contribution is -2.40. The summed E-state index contributed by atoms with van der Waals surface area (Å²) < 4.78 is 17.0. The number of aromatic nitrogens is 1. The molecular weight excluding hydrogens is 362 g/mol. The van der Waals surface area contributed by atoms with Gasteiger partial charge in [0.25, 0.3) is 0 Å². The second kappa shape index (κ2) is 8.52. The van der Waals surface area contributed by atoms with Crippen LogP contribution in [0.5, 0.6) is 5.75 Å². The number of rotatable bonds is 6. The van der Waals surface area contributed by atoms with Gasteiger partial charge in [-0.1, -0.05) is 20.8 Å². The summed E-state index contributed by atoms with van der Waals surface area (Å²) in [5, 5.41) is 0.0622. The monoisotopic (exact) mass is 395 g/mol. The molecular formula is C20H33NO5Si. The topological polar surface area (TPSA) is 74.7 Å². The van der Waals surface area contributed by atoms with Crippen LogP contribution in [0.25, 0.3) is 0 Å². The molecule has 1 aromatic rings. The van der Waals surface area contributed by atoms with Gasteiger partial charge in [-0.15, -0.1) is 0 Å². The van der Waals surface area contributed by atoms with Crippen LogP contribution < -0.4 is 4.74 Å². The van der Waals surface area contributed by atoms with Crippen LogP contribution in [0.3, 0.4) is 0 Å². The van der Waals surface area contributed by atoms with Crippen molar-refractivity contribution in [1.82, 2.24) is 4.98 Å². The molecule has 0 fully saturated rings. The number of hydrogen-bond donors (Lipinski definition) is 0. The van der Waals surface area contributed by atoms with Crippen LogP contribution in [-0.2, 0) is 32.0 Å². The quantitative estimate of drug-likeness (QED) is 0.517. The first-order valence-corrected chi connectivity index (χ1v) is 12.0. The fourth-order valence-corrected chi connectivity index (χ4v) is 2.80. The van der Waals surface area contributed by atoms with E-state index in [1.54, 1.807) is 33.0 Å². The molecule has 0 aromatic carbocycles. The van der Waals surface area contributed by atoms with Crippen LogP contribution in [-0.4, -0.2) is 25.2 Å². The SMILES string of the molecule is CC(=O)Oc1c(CO[Si](C)(C)C(C)(C)C)ccnc1COC(=O)C(C)(C)C. The Labute approximate surface area is 163 Å². The molecule has 0 aliphatic carbocycles. The molecule has 0 bridgehead atoms. The van der Waals surface area contributed by atoms with E-state index in [-0.39, 0.29) is 17.6 Å². The van der Waals surface area contributed by atoms with Crippen molar-refractivity contribution in [2.45, 2.75) is 79.8 Å². The molecule has 27 heavy (non-hydrogen) atoms. The third-order valence-electron chi connectivity index (χ3n) is 4.65. The van der Waals surface area contributed by atoms with E-state index in [1.165, 1.54) is 6.92 Å². The van der Waals surface area contributed by atoms with Crippen LogP contribution in [0.2, 0.25) is 18.1 Å². The highest BCUT2D eigenvalue weighted by molar-refractivity contribution is 6.74. The Bertz CT molecular complexity index is 687. The maximum absolute atomic E-state index is 12.0. The minimum Gasteiger partial charge on any atom is -0.459 e. The van der Waals surface area contributed by atoms with E-state index in [9.17, 15) is 9.59 Å². The van der Waals surface area contributed by atoms with Crippen molar-refractivity contribution in [3.05, 3.63) is 23.5 Å². The van der Waals surface area contributed by atoms with Crippen molar-refractivity contribution in [2.75, 3.05) is 0 Å². The molecule has 0 N–H and O–H groups in total. The van der Waals surface area contributed by atoms with Crippen molar-refractivity contribution in [1.29, 1.82) is 0 Å². The summed E-state index contributed by atoms with van der Waals surface area (Å²) in [6.45, 7) is 17.7. The van der Waals surface area contributed by atoms with Gasteiger partial charge in [-0.3, -0.25) is 14.6 Å². The van der Waals surface area contributed by atoms with Crippen LogP contribution in [0.15, 0.2) is 12.3 Å². The largest absolute Gasteiger partial charge is 0.459 e. The fourth-order valence-electron chi connectivity index (χ4n) is 1.85. The zero-order chi connectivity index (χ0) is 21.0. The molecule has 1 heterocycles. The number of carbonyl (C=O) groups excluding carboxylic acids is 2. The normalized spacial score (nSPS) is 12.6. The van der Waals surface area contributed by atoms with E-state index < -0.39 is 19.7 Å². The van der Waals surface area contributed by atoms with Gasteiger partial charge >= 0.3 is 11.9 Å². The smallest absolute Gasteiger partial charge is 0.311 e. The van der Waals surface area contributed by atoms with E-state index >= 15 is 0 Å². The molecule has 0 spiro atoms. The molecule has 0 saturated heterocycles. The van der Waals surface area contributed by atoms with Gasteiger partial charge in [-0.2, -0.15) is 0 Å². The molecule has 0 aliphatic heterocycles. The number of pyridine rings is 1. The number of nitrogens with zero attached hydrogens (tertiary/aromatic N) is 1. The predicted octanol–water partition coefficient (Wildman–Crippen LogP) is 4.62. The van der Waals surface area contributed by atoms with E-state index in [0.717, 1.165) is 0 Å². The third-order valence-corrected chi connectivity index (χ3v) is 9.13. The standard InChI is InChI=1S/C20H33NO5Si/c1-14(22)26-17-15(12-25-27(8,9)20(5,6)7)10-11-21-16(17)13-24-18(23)19(2,3)4/h10-11H,12-13H2,1-9H3. The van der Waals surface area contributed by atoms with Crippen molar-refractivity contribution in [2.24, 2.45) is 5.41 Å². The van der Waals surface area contributed by atoms with Gasteiger partial charge in [0.2, 0.25) is 0 Å². The van der Waals surface area contributed by atoms with Gasteiger partial charge in [0.1, 0.15) is 12.3 Å². The molecule has 0 aliphatic rings. The Morgan fingerprint density at radius 2 is 1.67 bits per heavy atom. The summed E-state index contributed by atoms with van der Waals surface area (Å²) in [5.74, 6) is -0.494. The molecule has 1 rings (SSSR count). The van der Waals surface area contributed by atoms with E-state index in [0.29, 0.717) is 23.6 Å². The molecule has 0 radical (unpaired) electrons. The molecule has 152 valence electrons. The summed E-state index contributed by atoms with van der Waals surface area (Å²) >= 11 is 0. The van der Waals surface area contributed by atoms with Gasteiger partial charge < -0.3 is 13.9 Å². The zero-order valence-corrected chi connectivity index (χ0v) is 19.1. The maximum Gasteiger partial charge on any atom is 0.311 e. The molecule has 7 heteroatoms. The fraction of sp³-hybridized carbons (Fsp3) is 0.650. The van der Waals surface area contributed by atoms with E-state index in [1.807, 2.05) is 0 Å². The summed E-state index contributed by atoms with van der Waals surface area (Å²) in [4.78, 5) is 27.9. The second-order valence-corrected chi connectivity index (χ2v) is 14.0. The van der Waals surface area contributed by atoms with Crippen molar-refractivity contribution in [3.63, 3.8) is 0 Å². The molecule has 0 atom stereocenters. The van der Waals surface area contributed by atoms with Crippen LogP contribution in [0.4, 0.5) is 0 Å². The Hall–Kier alpha value is -1.73.